The number of carbonyl (C=O) groups is 1. The van der Waals surface area contributed by atoms with Gasteiger partial charge in [-0.3, -0.25) is 9.69 Å². The molecule has 1 heterocycles. The monoisotopic (exact) mass is 281 g/mol. The van der Waals surface area contributed by atoms with E-state index in [1.165, 1.54) is 6.42 Å². The molecular weight excluding hydrogens is 250 g/mol. The van der Waals surface area contributed by atoms with E-state index >= 15 is 0 Å². The molecule has 0 aromatic heterocycles. The molecule has 4 heteroatoms. The van der Waals surface area contributed by atoms with Gasteiger partial charge in [0.1, 0.15) is 0 Å². The summed E-state index contributed by atoms with van der Waals surface area (Å²) in [5.41, 5.74) is 6.21. The van der Waals surface area contributed by atoms with Crippen LogP contribution in [0.2, 0.25) is 0 Å². The maximum Gasteiger partial charge on any atom is 0.227 e. The lowest BCUT2D eigenvalue weighted by molar-refractivity contribution is -0.140. The zero-order valence-corrected chi connectivity index (χ0v) is 13.3. The van der Waals surface area contributed by atoms with Crippen LogP contribution >= 0.6 is 0 Å². The molecule has 0 spiro atoms. The molecule has 3 unspecified atom stereocenters. The van der Waals surface area contributed by atoms with Gasteiger partial charge in [0.25, 0.3) is 0 Å². The van der Waals surface area contributed by atoms with Crippen molar-refractivity contribution in [1.82, 2.24) is 9.80 Å². The van der Waals surface area contributed by atoms with Gasteiger partial charge in [0.05, 0.1) is 5.92 Å². The molecular formula is C16H31N3O. The fraction of sp³-hybridized carbons (Fsp3) is 0.938. The number of amides is 1. The zero-order valence-electron chi connectivity index (χ0n) is 13.3. The molecule has 20 heavy (non-hydrogen) atoms. The topological polar surface area (TPSA) is 49.6 Å². The first-order valence-corrected chi connectivity index (χ1v) is 8.25. The van der Waals surface area contributed by atoms with Crippen molar-refractivity contribution in [3.8, 4) is 0 Å². The first-order chi connectivity index (χ1) is 9.49. The number of nitrogens with two attached hydrogens (primary N) is 1. The van der Waals surface area contributed by atoms with Crippen molar-refractivity contribution < 1.29 is 4.79 Å². The summed E-state index contributed by atoms with van der Waals surface area (Å²) >= 11 is 0. The summed E-state index contributed by atoms with van der Waals surface area (Å²) in [5.74, 6) is 1.51. The highest BCUT2D eigenvalue weighted by atomic mass is 16.2. The molecule has 4 nitrogen and oxygen atoms in total. The Morgan fingerprint density at radius 1 is 1.20 bits per heavy atom. The summed E-state index contributed by atoms with van der Waals surface area (Å²) in [5, 5.41) is 0. The van der Waals surface area contributed by atoms with Gasteiger partial charge in [-0.25, -0.2) is 0 Å². The van der Waals surface area contributed by atoms with Gasteiger partial charge in [-0.2, -0.15) is 0 Å². The minimum Gasteiger partial charge on any atom is -0.340 e. The highest BCUT2D eigenvalue weighted by Crippen LogP contribution is 2.30. The van der Waals surface area contributed by atoms with E-state index < -0.39 is 0 Å². The molecule has 0 radical (unpaired) electrons. The van der Waals surface area contributed by atoms with Gasteiger partial charge in [0.15, 0.2) is 0 Å². The van der Waals surface area contributed by atoms with Gasteiger partial charge in [0.2, 0.25) is 5.91 Å². The molecule has 0 aromatic rings. The average Bonchev–Trinajstić information content (AvgIpc) is 2.38. The van der Waals surface area contributed by atoms with Crippen LogP contribution in [-0.4, -0.2) is 54.5 Å². The van der Waals surface area contributed by atoms with Crippen molar-refractivity contribution in [2.24, 2.45) is 23.5 Å². The number of rotatable bonds is 3. The third-order valence-electron chi connectivity index (χ3n) is 4.86. The Labute approximate surface area is 123 Å². The Kier molecular flexibility index (Phi) is 5.44. The summed E-state index contributed by atoms with van der Waals surface area (Å²) in [6, 6.07) is 0.0694. The number of hydrogen-bond acceptors (Lipinski definition) is 3. The Morgan fingerprint density at radius 3 is 2.40 bits per heavy atom. The molecule has 1 amide bonds. The minimum absolute atomic E-state index is 0.0559. The van der Waals surface area contributed by atoms with Gasteiger partial charge in [0, 0.05) is 38.8 Å². The summed E-state index contributed by atoms with van der Waals surface area (Å²) < 4.78 is 0. The normalized spacial score (nSPS) is 32.6. The number of hydrogen-bond donors (Lipinski definition) is 1. The van der Waals surface area contributed by atoms with Crippen molar-refractivity contribution in [3.05, 3.63) is 0 Å². The number of carbonyl (C=O) groups excluding carboxylic acids is 1. The predicted octanol–water partition coefficient (Wildman–Crippen LogP) is 1.55. The molecule has 3 atom stereocenters. The van der Waals surface area contributed by atoms with Gasteiger partial charge in [-0.05, 0) is 24.7 Å². The highest BCUT2D eigenvalue weighted by molar-refractivity contribution is 5.80. The fourth-order valence-corrected chi connectivity index (χ4v) is 3.76. The summed E-state index contributed by atoms with van der Waals surface area (Å²) in [7, 11) is 0. The third kappa shape index (κ3) is 3.73. The summed E-state index contributed by atoms with van der Waals surface area (Å²) in [6.45, 7) is 11.6. The molecule has 1 aliphatic carbocycles. The zero-order chi connectivity index (χ0) is 14.7. The van der Waals surface area contributed by atoms with Gasteiger partial charge >= 0.3 is 0 Å². The standard InChI is InChI=1S/C16H31N3O/c1-12(2)11-18-7-9-19(10-8-18)16(20)15-13(3)5-4-6-14(15)17/h12-15H,4-11,17H2,1-3H3. The lowest BCUT2D eigenvalue weighted by atomic mass is 9.76. The molecule has 0 aromatic carbocycles. The van der Waals surface area contributed by atoms with Crippen LogP contribution in [0.15, 0.2) is 0 Å². The van der Waals surface area contributed by atoms with E-state index in [4.69, 9.17) is 5.73 Å². The maximum absolute atomic E-state index is 12.7. The second-order valence-corrected chi connectivity index (χ2v) is 7.12. The third-order valence-corrected chi connectivity index (χ3v) is 4.86. The van der Waals surface area contributed by atoms with Crippen LogP contribution < -0.4 is 5.73 Å². The first-order valence-electron chi connectivity index (χ1n) is 8.25. The second kappa shape index (κ2) is 6.90. The van der Waals surface area contributed by atoms with Crippen molar-refractivity contribution in [1.29, 1.82) is 0 Å². The lowest BCUT2D eigenvalue weighted by Crippen LogP contribution is -2.55. The van der Waals surface area contributed by atoms with E-state index in [2.05, 4.69) is 30.6 Å². The van der Waals surface area contributed by atoms with Crippen molar-refractivity contribution >= 4 is 5.91 Å². The van der Waals surface area contributed by atoms with Gasteiger partial charge in [-0.15, -0.1) is 0 Å². The quantitative estimate of drug-likeness (QED) is 0.854. The van der Waals surface area contributed by atoms with Crippen LogP contribution in [0.1, 0.15) is 40.0 Å². The van der Waals surface area contributed by atoms with Crippen molar-refractivity contribution in [3.63, 3.8) is 0 Å². The molecule has 1 saturated carbocycles. The highest BCUT2D eigenvalue weighted by Gasteiger charge is 2.37. The molecule has 1 aliphatic heterocycles. The van der Waals surface area contributed by atoms with E-state index in [0.717, 1.165) is 45.6 Å². The molecule has 0 bridgehead atoms. The van der Waals surface area contributed by atoms with Crippen LogP contribution in [0.5, 0.6) is 0 Å². The molecule has 2 aliphatic rings. The molecule has 1 saturated heterocycles. The summed E-state index contributed by atoms with van der Waals surface area (Å²) in [6.07, 6.45) is 3.33. The van der Waals surface area contributed by atoms with E-state index in [1.807, 2.05) is 0 Å². The van der Waals surface area contributed by atoms with Crippen molar-refractivity contribution in [2.45, 2.75) is 46.1 Å². The Hall–Kier alpha value is -0.610. The largest absolute Gasteiger partial charge is 0.340 e. The summed E-state index contributed by atoms with van der Waals surface area (Å²) in [4.78, 5) is 17.3. The van der Waals surface area contributed by atoms with E-state index in [0.29, 0.717) is 17.7 Å². The van der Waals surface area contributed by atoms with E-state index in [-0.39, 0.29) is 12.0 Å². The molecule has 2 N–H and O–H groups in total. The maximum atomic E-state index is 12.7. The van der Waals surface area contributed by atoms with E-state index in [9.17, 15) is 4.79 Å². The fourth-order valence-electron chi connectivity index (χ4n) is 3.76. The second-order valence-electron chi connectivity index (χ2n) is 7.12. The SMILES string of the molecule is CC(C)CN1CCN(C(=O)C2C(C)CCCC2N)CC1. The molecule has 2 fully saturated rings. The Bertz CT molecular complexity index is 314. The van der Waals surface area contributed by atoms with Crippen LogP contribution in [-0.2, 0) is 4.79 Å². The first kappa shape index (κ1) is 15.8. The van der Waals surface area contributed by atoms with Crippen LogP contribution in [0.3, 0.4) is 0 Å². The van der Waals surface area contributed by atoms with Crippen LogP contribution in [0, 0.1) is 17.8 Å². The van der Waals surface area contributed by atoms with Crippen LogP contribution in [0.4, 0.5) is 0 Å². The minimum atomic E-state index is 0.0559. The smallest absolute Gasteiger partial charge is 0.227 e. The van der Waals surface area contributed by atoms with Gasteiger partial charge < -0.3 is 10.6 Å². The Morgan fingerprint density at radius 2 is 1.85 bits per heavy atom. The molecule has 116 valence electrons. The number of nitrogens with zero attached hydrogens (tertiary/aromatic N) is 2. The van der Waals surface area contributed by atoms with Crippen molar-refractivity contribution in [2.75, 3.05) is 32.7 Å². The van der Waals surface area contributed by atoms with Gasteiger partial charge in [-0.1, -0.05) is 27.2 Å². The number of piperazine rings is 1. The van der Waals surface area contributed by atoms with Crippen LogP contribution in [0.25, 0.3) is 0 Å². The van der Waals surface area contributed by atoms with E-state index in [1.54, 1.807) is 0 Å². The average molecular weight is 281 g/mol. The predicted molar refractivity (Wildman–Crippen MR) is 82.3 cm³/mol. The molecule has 2 rings (SSSR count). The Balaban J connectivity index is 1.87. The lowest BCUT2D eigenvalue weighted by Gasteiger charge is -2.40.